The highest BCUT2D eigenvalue weighted by Crippen LogP contribution is 2.09. The summed E-state index contributed by atoms with van der Waals surface area (Å²) in [5, 5.41) is 11.4. The van der Waals surface area contributed by atoms with Crippen LogP contribution in [0.3, 0.4) is 0 Å². The first-order chi connectivity index (χ1) is 7.35. The number of aliphatic hydroxyl groups excluding tert-OH is 1. The van der Waals surface area contributed by atoms with Crippen molar-refractivity contribution >= 4 is 6.09 Å². The highest BCUT2D eigenvalue weighted by molar-refractivity contribution is 5.67. The minimum Gasteiger partial charge on any atom is -0.444 e. The second-order valence-electron chi connectivity index (χ2n) is 5.19. The van der Waals surface area contributed by atoms with E-state index in [-0.39, 0.29) is 12.7 Å². The molecule has 0 radical (unpaired) electrons. The highest BCUT2D eigenvalue weighted by atomic mass is 16.6. The molecule has 0 aliphatic rings. The lowest BCUT2D eigenvalue weighted by molar-refractivity contribution is 0.0525. The maximum atomic E-state index is 11.3. The van der Waals surface area contributed by atoms with E-state index in [1.54, 1.807) is 0 Å². The second kappa shape index (κ2) is 7.49. The van der Waals surface area contributed by atoms with Crippen LogP contribution in [-0.4, -0.2) is 30.0 Å². The van der Waals surface area contributed by atoms with E-state index in [0.29, 0.717) is 12.5 Å². The maximum absolute atomic E-state index is 11.3. The molecular weight excluding hydrogens is 206 g/mol. The van der Waals surface area contributed by atoms with Crippen LogP contribution >= 0.6 is 0 Å². The molecule has 1 unspecified atom stereocenters. The summed E-state index contributed by atoms with van der Waals surface area (Å²) in [6.45, 7) is 8.52. The Morgan fingerprint density at radius 1 is 1.38 bits per heavy atom. The Hall–Kier alpha value is -0.770. The van der Waals surface area contributed by atoms with Gasteiger partial charge in [0.25, 0.3) is 0 Å². The Labute approximate surface area is 98.4 Å². The van der Waals surface area contributed by atoms with Crippen LogP contribution in [0.15, 0.2) is 0 Å². The molecule has 0 aliphatic carbocycles. The molecule has 0 rings (SSSR count). The molecule has 0 aromatic heterocycles. The number of hydrogen-bond acceptors (Lipinski definition) is 3. The van der Waals surface area contributed by atoms with Crippen LogP contribution in [0.2, 0.25) is 0 Å². The van der Waals surface area contributed by atoms with Crippen LogP contribution in [0.25, 0.3) is 0 Å². The van der Waals surface area contributed by atoms with E-state index in [9.17, 15) is 4.79 Å². The van der Waals surface area contributed by atoms with Crippen molar-refractivity contribution in [2.45, 2.75) is 52.6 Å². The van der Waals surface area contributed by atoms with Crippen LogP contribution in [0.1, 0.15) is 47.0 Å². The van der Waals surface area contributed by atoms with Crippen molar-refractivity contribution in [1.29, 1.82) is 0 Å². The van der Waals surface area contributed by atoms with E-state index < -0.39 is 5.60 Å². The Morgan fingerprint density at radius 2 is 2.00 bits per heavy atom. The van der Waals surface area contributed by atoms with Gasteiger partial charge in [-0.15, -0.1) is 0 Å². The van der Waals surface area contributed by atoms with Gasteiger partial charge in [-0.25, -0.2) is 4.79 Å². The van der Waals surface area contributed by atoms with Gasteiger partial charge < -0.3 is 15.2 Å². The fourth-order valence-corrected chi connectivity index (χ4v) is 1.32. The van der Waals surface area contributed by atoms with Crippen molar-refractivity contribution in [3.8, 4) is 0 Å². The number of aliphatic hydroxyl groups is 1. The normalized spacial score (nSPS) is 13.3. The molecule has 0 saturated heterocycles. The van der Waals surface area contributed by atoms with Crippen molar-refractivity contribution in [3.05, 3.63) is 0 Å². The van der Waals surface area contributed by atoms with Gasteiger partial charge in [0, 0.05) is 13.2 Å². The largest absolute Gasteiger partial charge is 0.444 e. The molecule has 1 atom stereocenters. The molecule has 0 heterocycles. The topological polar surface area (TPSA) is 58.6 Å². The van der Waals surface area contributed by atoms with E-state index in [0.717, 1.165) is 19.3 Å². The molecule has 96 valence electrons. The van der Waals surface area contributed by atoms with Crippen LogP contribution in [0, 0.1) is 5.92 Å². The van der Waals surface area contributed by atoms with Gasteiger partial charge in [-0.05, 0) is 46.0 Å². The molecule has 2 N–H and O–H groups in total. The van der Waals surface area contributed by atoms with Crippen molar-refractivity contribution in [3.63, 3.8) is 0 Å². The van der Waals surface area contributed by atoms with Crippen molar-refractivity contribution in [2.24, 2.45) is 5.92 Å². The van der Waals surface area contributed by atoms with Crippen molar-refractivity contribution < 1.29 is 14.6 Å². The predicted molar refractivity (Wildman–Crippen MR) is 64.3 cm³/mol. The summed E-state index contributed by atoms with van der Waals surface area (Å²) >= 11 is 0. The first kappa shape index (κ1) is 15.2. The molecule has 16 heavy (non-hydrogen) atoms. The molecular formula is C12H25NO3. The SMILES string of the molecule is CC(CCCO)CCNC(=O)OC(C)(C)C. The number of carbonyl (C=O) groups excluding carboxylic acids is 1. The molecule has 0 aliphatic heterocycles. The predicted octanol–water partition coefficient (Wildman–Crippen LogP) is 2.31. The number of nitrogens with one attached hydrogen (secondary N) is 1. The van der Waals surface area contributed by atoms with Gasteiger partial charge in [-0.1, -0.05) is 6.92 Å². The number of ether oxygens (including phenoxy) is 1. The molecule has 0 bridgehead atoms. The summed E-state index contributed by atoms with van der Waals surface area (Å²) in [6, 6.07) is 0. The molecule has 0 saturated carbocycles. The zero-order valence-corrected chi connectivity index (χ0v) is 10.9. The number of rotatable bonds is 6. The molecule has 4 heteroatoms. The van der Waals surface area contributed by atoms with Gasteiger partial charge in [0.2, 0.25) is 0 Å². The van der Waals surface area contributed by atoms with E-state index >= 15 is 0 Å². The van der Waals surface area contributed by atoms with Crippen molar-refractivity contribution in [1.82, 2.24) is 5.32 Å². The van der Waals surface area contributed by atoms with E-state index in [4.69, 9.17) is 9.84 Å². The third-order valence-electron chi connectivity index (χ3n) is 2.16. The summed E-state index contributed by atoms with van der Waals surface area (Å²) in [4.78, 5) is 11.3. The third kappa shape index (κ3) is 9.77. The molecule has 0 fully saturated rings. The number of hydrogen-bond donors (Lipinski definition) is 2. The molecule has 4 nitrogen and oxygen atoms in total. The number of carbonyl (C=O) groups is 1. The van der Waals surface area contributed by atoms with Crippen LogP contribution in [-0.2, 0) is 4.74 Å². The summed E-state index contributed by atoms with van der Waals surface area (Å²) in [7, 11) is 0. The zero-order chi connectivity index (χ0) is 12.6. The van der Waals surface area contributed by atoms with E-state index in [2.05, 4.69) is 12.2 Å². The van der Waals surface area contributed by atoms with Gasteiger partial charge >= 0.3 is 6.09 Å². The van der Waals surface area contributed by atoms with E-state index in [1.807, 2.05) is 20.8 Å². The Kier molecular flexibility index (Phi) is 7.13. The zero-order valence-electron chi connectivity index (χ0n) is 10.9. The smallest absolute Gasteiger partial charge is 0.407 e. The van der Waals surface area contributed by atoms with Crippen LogP contribution in [0.5, 0.6) is 0 Å². The fraction of sp³-hybridized carbons (Fsp3) is 0.917. The van der Waals surface area contributed by atoms with Gasteiger partial charge in [0.1, 0.15) is 5.60 Å². The quantitative estimate of drug-likeness (QED) is 0.737. The summed E-state index contributed by atoms with van der Waals surface area (Å²) in [5.41, 5.74) is -0.438. The first-order valence-electron chi connectivity index (χ1n) is 5.93. The summed E-state index contributed by atoms with van der Waals surface area (Å²) < 4.78 is 5.11. The van der Waals surface area contributed by atoms with Gasteiger partial charge in [-0.2, -0.15) is 0 Å². The second-order valence-corrected chi connectivity index (χ2v) is 5.19. The van der Waals surface area contributed by atoms with Gasteiger partial charge in [0.15, 0.2) is 0 Å². The van der Waals surface area contributed by atoms with Crippen LogP contribution < -0.4 is 5.32 Å². The monoisotopic (exact) mass is 231 g/mol. The minimum absolute atomic E-state index is 0.240. The van der Waals surface area contributed by atoms with Crippen LogP contribution in [0.4, 0.5) is 4.79 Å². The third-order valence-corrected chi connectivity index (χ3v) is 2.16. The Morgan fingerprint density at radius 3 is 2.50 bits per heavy atom. The lowest BCUT2D eigenvalue weighted by Gasteiger charge is -2.20. The number of amides is 1. The summed E-state index contributed by atoms with van der Waals surface area (Å²) in [6.07, 6.45) is 2.38. The summed E-state index contributed by atoms with van der Waals surface area (Å²) in [5.74, 6) is 0.516. The average Bonchev–Trinajstić information content (AvgIpc) is 2.11. The van der Waals surface area contributed by atoms with Gasteiger partial charge in [0.05, 0.1) is 0 Å². The maximum Gasteiger partial charge on any atom is 0.407 e. The van der Waals surface area contributed by atoms with E-state index in [1.165, 1.54) is 0 Å². The highest BCUT2D eigenvalue weighted by Gasteiger charge is 2.15. The lowest BCUT2D eigenvalue weighted by atomic mass is 10.0. The first-order valence-corrected chi connectivity index (χ1v) is 5.93. The molecule has 0 aromatic carbocycles. The Balaban J connectivity index is 3.54. The van der Waals surface area contributed by atoms with Gasteiger partial charge in [-0.3, -0.25) is 0 Å². The Bertz CT molecular complexity index is 199. The van der Waals surface area contributed by atoms with Crippen molar-refractivity contribution in [2.75, 3.05) is 13.2 Å². The average molecular weight is 231 g/mol. The molecule has 0 aromatic rings. The minimum atomic E-state index is -0.438. The molecule has 1 amide bonds. The number of alkyl carbamates (subject to hydrolysis) is 1. The molecule has 0 spiro atoms. The standard InChI is InChI=1S/C12H25NO3/c1-10(6-5-9-14)7-8-13-11(15)16-12(2,3)4/h10,14H,5-9H2,1-4H3,(H,13,15). The lowest BCUT2D eigenvalue weighted by Crippen LogP contribution is -2.33. The fourth-order valence-electron chi connectivity index (χ4n) is 1.32.